The Morgan fingerprint density at radius 1 is 1.26 bits per heavy atom. The van der Waals surface area contributed by atoms with E-state index in [4.69, 9.17) is 0 Å². The van der Waals surface area contributed by atoms with Crippen LogP contribution in [-0.2, 0) is 4.79 Å². The Balaban J connectivity index is 1.77. The number of carbonyl (C=O) groups excluding carboxylic acids is 2. The molecule has 0 radical (unpaired) electrons. The van der Waals surface area contributed by atoms with Crippen molar-refractivity contribution in [2.45, 2.75) is 25.8 Å². The van der Waals surface area contributed by atoms with E-state index >= 15 is 0 Å². The van der Waals surface area contributed by atoms with Gasteiger partial charge < -0.3 is 10.2 Å². The lowest BCUT2D eigenvalue weighted by atomic mass is 10.1. The summed E-state index contributed by atoms with van der Waals surface area (Å²) in [7, 11) is 0. The zero-order valence-corrected chi connectivity index (χ0v) is 13.9. The molecule has 4 nitrogen and oxygen atoms in total. The highest BCUT2D eigenvalue weighted by Crippen LogP contribution is 2.21. The highest BCUT2D eigenvalue weighted by Gasteiger charge is 2.25. The first kappa shape index (κ1) is 15.7. The topological polar surface area (TPSA) is 49.4 Å². The molecule has 23 heavy (non-hydrogen) atoms. The van der Waals surface area contributed by atoms with Gasteiger partial charge in [0.2, 0.25) is 5.91 Å². The van der Waals surface area contributed by atoms with Gasteiger partial charge >= 0.3 is 0 Å². The standard InChI is InChI=1S/C18H20N2O2S/c1-13-9-10-16(23-13)18(22)19-15(14-6-3-2-4-7-14)12-20-11-5-8-17(20)21/h2-4,6-7,9-10,15H,5,8,11-12H2,1H3,(H,19,22)/t15-/m1/s1. The smallest absolute Gasteiger partial charge is 0.261 e. The van der Waals surface area contributed by atoms with Crippen LogP contribution in [-0.4, -0.2) is 29.8 Å². The number of likely N-dealkylation sites (tertiary alicyclic amines) is 1. The van der Waals surface area contributed by atoms with E-state index in [-0.39, 0.29) is 17.9 Å². The number of nitrogens with one attached hydrogen (secondary N) is 1. The van der Waals surface area contributed by atoms with Crippen molar-refractivity contribution in [3.8, 4) is 0 Å². The molecule has 0 bridgehead atoms. The van der Waals surface area contributed by atoms with Crippen LogP contribution in [0.2, 0.25) is 0 Å². The quantitative estimate of drug-likeness (QED) is 0.916. The number of carbonyl (C=O) groups is 2. The Morgan fingerprint density at radius 3 is 2.65 bits per heavy atom. The van der Waals surface area contributed by atoms with Crippen LogP contribution in [0, 0.1) is 6.92 Å². The van der Waals surface area contributed by atoms with Crippen molar-refractivity contribution < 1.29 is 9.59 Å². The highest BCUT2D eigenvalue weighted by molar-refractivity contribution is 7.13. The number of nitrogens with zero attached hydrogens (tertiary/aromatic N) is 1. The maximum atomic E-state index is 12.5. The first-order valence-corrected chi connectivity index (χ1v) is 8.65. The summed E-state index contributed by atoms with van der Waals surface area (Å²) in [6.07, 6.45) is 1.51. The monoisotopic (exact) mass is 328 g/mol. The van der Waals surface area contributed by atoms with Gasteiger partial charge in [-0.3, -0.25) is 9.59 Å². The molecule has 1 atom stereocenters. The van der Waals surface area contributed by atoms with Crippen LogP contribution in [0.1, 0.15) is 39.0 Å². The third-order valence-corrected chi connectivity index (χ3v) is 5.05. The number of aryl methyl sites for hydroxylation is 1. The predicted molar refractivity (Wildman–Crippen MR) is 91.5 cm³/mol. The molecule has 0 spiro atoms. The number of benzene rings is 1. The molecular formula is C18H20N2O2S. The average Bonchev–Trinajstić information content (AvgIpc) is 3.16. The molecule has 1 aliphatic rings. The second kappa shape index (κ2) is 6.96. The van der Waals surface area contributed by atoms with Crippen LogP contribution in [0.25, 0.3) is 0 Å². The number of rotatable bonds is 5. The van der Waals surface area contributed by atoms with Crippen molar-refractivity contribution in [2.75, 3.05) is 13.1 Å². The minimum absolute atomic E-state index is 0.0800. The van der Waals surface area contributed by atoms with Crippen molar-refractivity contribution in [2.24, 2.45) is 0 Å². The zero-order valence-electron chi connectivity index (χ0n) is 13.1. The molecule has 5 heteroatoms. The lowest BCUT2D eigenvalue weighted by molar-refractivity contribution is -0.128. The summed E-state index contributed by atoms with van der Waals surface area (Å²) in [5.41, 5.74) is 1.02. The molecule has 1 aromatic carbocycles. The minimum atomic E-state index is -0.187. The SMILES string of the molecule is Cc1ccc(C(=O)N[C@H](CN2CCCC2=O)c2ccccc2)s1. The van der Waals surface area contributed by atoms with Gasteiger partial charge in [-0.25, -0.2) is 0 Å². The Hall–Kier alpha value is -2.14. The molecule has 3 rings (SSSR count). The number of amides is 2. The molecule has 1 saturated heterocycles. The van der Waals surface area contributed by atoms with E-state index in [2.05, 4.69) is 5.32 Å². The van der Waals surface area contributed by atoms with Gasteiger partial charge in [0.1, 0.15) is 0 Å². The van der Waals surface area contributed by atoms with E-state index in [1.807, 2.05) is 54.3 Å². The van der Waals surface area contributed by atoms with Gasteiger partial charge in [-0.05, 0) is 31.0 Å². The van der Waals surface area contributed by atoms with Crippen LogP contribution in [0.3, 0.4) is 0 Å². The van der Waals surface area contributed by atoms with E-state index < -0.39 is 0 Å². The Morgan fingerprint density at radius 2 is 2.04 bits per heavy atom. The molecule has 120 valence electrons. The van der Waals surface area contributed by atoms with Crippen LogP contribution >= 0.6 is 11.3 Å². The zero-order chi connectivity index (χ0) is 16.2. The van der Waals surface area contributed by atoms with Gasteiger partial charge in [0, 0.05) is 24.4 Å². The number of hydrogen-bond donors (Lipinski definition) is 1. The van der Waals surface area contributed by atoms with E-state index in [0.717, 1.165) is 23.4 Å². The van der Waals surface area contributed by atoms with E-state index in [9.17, 15) is 9.59 Å². The molecule has 1 fully saturated rings. The Labute approximate surface area is 140 Å². The summed E-state index contributed by atoms with van der Waals surface area (Å²) in [4.78, 5) is 28.1. The van der Waals surface area contributed by atoms with E-state index in [1.165, 1.54) is 11.3 Å². The highest BCUT2D eigenvalue weighted by atomic mass is 32.1. The second-order valence-corrected chi connectivity index (χ2v) is 7.08. The molecule has 0 aliphatic carbocycles. The number of hydrogen-bond acceptors (Lipinski definition) is 3. The number of thiophene rings is 1. The molecule has 0 saturated carbocycles. The maximum Gasteiger partial charge on any atom is 0.261 e. The molecule has 1 N–H and O–H groups in total. The Bertz CT molecular complexity index is 696. The van der Waals surface area contributed by atoms with E-state index in [0.29, 0.717) is 17.8 Å². The summed E-state index contributed by atoms with van der Waals surface area (Å²) in [5, 5.41) is 3.09. The van der Waals surface area contributed by atoms with E-state index in [1.54, 1.807) is 0 Å². The minimum Gasteiger partial charge on any atom is -0.343 e. The molecular weight excluding hydrogens is 308 g/mol. The van der Waals surface area contributed by atoms with Crippen molar-refractivity contribution in [3.63, 3.8) is 0 Å². The first-order valence-electron chi connectivity index (χ1n) is 7.83. The molecule has 2 aromatic rings. The summed E-state index contributed by atoms with van der Waals surface area (Å²) >= 11 is 1.48. The lowest BCUT2D eigenvalue weighted by Gasteiger charge is -2.25. The first-order chi connectivity index (χ1) is 11.1. The fourth-order valence-electron chi connectivity index (χ4n) is 2.82. The second-order valence-electron chi connectivity index (χ2n) is 5.79. The van der Waals surface area contributed by atoms with Gasteiger partial charge in [0.05, 0.1) is 10.9 Å². The fraction of sp³-hybridized carbons (Fsp3) is 0.333. The lowest BCUT2D eigenvalue weighted by Crippen LogP contribution is -2.38. The van der Waals surface area contributed by atoms with Crippen molar-refractivity contribution in [1.29, 1.82) is 0 Å². The van der Waals surface area contributed by atoms with Crippen molar-refractivity contribution in [1.82, 2.24) is 10.2 Å². The molecule has 1 aromatic heterocycles. The summed E-state index contributed by atoms with van der Waals surface area (Å²) in [6.45, 7) is 3.29. The van der Waals surface area contributed by atoms with Gasteiger partial charge in [-0.15, -0.1) is 11.3 Å². The molecule has 2 heterocycles. The predicted octanol–water partition coefficient (Wildman–Crippen LogP) is 3.15. The Kier molecular flexibility index (Phi) is 4.76. The maximum absolute atomic E-state index is 12.5. The third-order valence-electron chi connectivity index (χ3n) is 4.05. The van der Waals surface area contributed by atoms with Crippen molar-refractivity contribution in [3.05, 3.63) is 57.8 Å². The van der Waals surface area contributed by atoms with Crippen LogP contribution in [0.4, 0.5) is 0 Å². The largest absolute Gasteiger partial charge is 0.343 e. The van der Waals surface area contributed by atoms with Gasteiger partial charge in [0.25, 0.3) is 5.91 Å². The fourth-order valence-corrected chi connectivity index (χ4v) is 3.59. The van der Waals surface area contributed by atoms with Crippen LogP contribution < -0.4 is 5.32 Å². The average molecular weight is 328 g/mol. The van der Waals surface area contributed by atoms with Gasteiger partial charge in [-0.2, -0.15) is 0 Å². The van der Waals surface area contributed by atoms with Crippen LogP contribution in [0.5, 0.6) is 0 Å². The normalized spacial score (nSPS) is 15.7. The van der Waals surface area contributed by atoms with Gasteiger partial charge in [0.15, 0.2) is 0 Å². The molecule has 1 aliphatic heterocycles. The third kappa shape index (κ3) is 3.79. The van der Waals surface area contributed by atoms with Crippen LogP contribution in [0.15, 0.2) is 42.5 Å². The molecule has 2 amide bonds. The summed E-state index contributed by atoms with van der Waals surface area (Å²) in [6, 6.07) is 13.4. The van der Waals surface area contributed by atoms with Crippen molar-refractivity contribution >= 4 is 23.2 Å². The molecule has 0 unspecified atom stereocenters. The summed E-state index contributed by atoms with van der Waals surface area (Å²) < 4.78 is 0. The summed E-state index contributed by atoms with van der Waals surface area (Å²) in [5.74, 6) is 0.0933. The van der Waals surface area contributed by atoms with Gasteiger partial charge in [-0.1, -0.05) is 30.3 Å².